The molecule has 11 heteroatoms. The van der Waals surface area contributed by atoms with Crippen molar-refractivity contribution in [2.75, 3.05) is 17.7 Å². The van der Waals surface area contributed by atoms with Crippen molar-refractivity contribution in [2.45, 2.75) is 0 Å². The molecule has 0 saturated heterocycles. The van der Waals surface area contributed by atoms with Gasteiger partial charge < -0.3 is 10.1 Å². The lowest BCUT2D eigenvalue weighted by Crippen LogP contribution is -2.29. The molecule has 0 atom stereocenters. The summed E-state index contributed by atoms with van der Waals surface area (Å²) in [5.41, 5.74) is -0.263. The van der Waals surface area contributed by atoms with E-state index in [1.54, 1.807) is 0 Å². The van der Waals surface area contributed by atoms with Crippen LogP contribution in [0.25, 0.3) is 0 Å². The van der Waals surface area contributed by atoms with Gasteiger partial charge in [-0.3, -0.25) is 25.0 Å². The lowest BCUT2D eigenvalue weighted by Gasteiger charge is -2.09. The van der Waals surface area contributed by atoms with Crippen molar-refractivity contribution in [1.82, 2.24) is 15.2 Å². The third-order valence-electron chi connectivity index (χ3n) is 2.50. The lowest BCUT2D eigenvalue weighted by atomic mass is 10.2. The van der Waals surface area contributed by atoms with E-state index in [0.717, 1.165) is 12.4 Å². The van der Waals surface area contributed by atoms with E-state index in [1.807, 2.05) is 0 Å². The minimum atomic E-state index is -1.05. The van der Waals surface area contributed by atoms with Gasteiger partial charge in [-0.1, -0.05) is 0 Å². The first-order valence-electron chi connectivity index (χ1n) is 5.81. The number of nitro groups is 1. The van der Waals surface area contributed by atoms with Gasteiger partial charge in [0.05, 0.1) is 17.7 Å². The second-order valence-electron chi connectivity index (χ2n) is 3.88. The van der Waals surface area contributed by atoms with Crippen LogP contribution in [0.4, 0.5) is 17.3 Å². The van der Waals surface area contributed by atoms with E-state index in [0.29, 0.717) is 0 Å². The number of benzene rings is 1. The van der Waals surface area contributed by atoms with Crippen molar-refractivity contribution >= 4 is 29.1 Å². The van der Waals surface area contributed by atoms with Crippen molar-refractivity contribution in [3.05, 3.63) is 34.6 Å². The first-order chi connectivity index (χ1) is 10.5. The molecule has 0 spiro atoms. The highest BCUT2D eigenvalue weighted by atomic mass is 16.6. The van der Waals surface area contributed by atoms with Crippen molar-refractivity contribution in [1.29, 1.82) is 0 Å². The number of amides is 2. The quantitative estimate of drug-likeness (QED) is 0.417. The number of H-pyrrole nitrogens is 1. The van der Waals surface area contributed by atoms with E-state index in [4.69, 9.17) is 4.74 Å². The molecule has 0 aliphatic heterocycles. The standard InChI is InChI=1S/C11H10N6O5/c1-22-8-3-2-6(17(20)21)4-7(8)14-9(18)10(19)15-11-12-5-13-16-11/h2-5H,1H3,(H,14,18)(H2,12,13,15,16,19). The molecule has 114 valence electrons. The van der Waals surface area contributed by atoms with E-state index in [-0.39, 0.29) is 23.1 Å². The molecule has 0 fully saturated rings. The molecule has 2 rings (SSSR count). The van der Waals surface area contributed by atoms with Gasteiger partial charge in [0.15, 0.2) is 0 Å². The second-order valence-corrected chi connectivity index (χ2v) is 3.88. The fraction of sp³-hybridized carbons (Fsp3) is 0.0909. The molecule has 0 saturated carbocycles. The Morgan fingerprint density at radius 2 is 2.05 bits per heavy atom. The molecule has 2 amide bonds. The van der Waals surface area contributed by atoms with Gasteiger partial charge in [0.25, 0.3) is 5.69 Å². The summed E-state index contributed by atoms with van der Waals surface area (Å²) in [6.07, 6.45) is 1.15. The molecule has 3 N–H and O–H groups in total. The number of nitro benzene ring substituents is 1. The van der Waals surface area contributed by atoms with Gasteiger partial charge in [0.1, 0.15) is 12.1 Å². The molecule has 1 aromatic heterocycles. The van der Waals surface area contributed by atoms with Crippen molar-refractivity contribution in [2.24, 2.45) is 0 Å². The first-order valence-corrected chi connectivity index (χ1v) is 5.81. The Hall–Kier alpha value is -3.50. The molecule has 22 heavy (non-hydrogen) atoms. The van der Waals surface area contributed by atoms with Gasteiger partial charge in [-0.05, 0) is 6.07 Å². The molecule has 11 nitrogen and oxygen atoms in total. The predicted octanol–water partition coefficient (Wildman–Crippen LogP) is 0.299. The van der Waals surface area contributed by atoms with E-state index in [9.17, 15) is 19.7 Å². The lowest BCUT2D eigenvalue weighted by molar-refractivity contribution is -0.384. The van der Waals surface area contributed by atoms with Crippen LogP contribution in [0.3, 0.4) is 0 Å². The summed E-state index contributed by atoms with van der Waals surface area (Å²) in [4.78, 5) is 37.2. The Balaban J connectivity index is 2.14. The zero-order chi connectivity index (χ0) is 16.1. The van der Waals surface area contributed by atoms with Gasteiger partial charge in [-0.15, -0.1) is 0 Å². The largest absolute Gasteiger partial charge is 0.495 e. The molecule has 2 aromatic rings. The van der Waals surface area contributed by atoms with E-state index in [2.05, 4.69) is 25.8 Å². The molecule has 0 radical (unpaired) electrons. The number of aromatic amines is 1. The Morgan fingerprint density at radius 3 is 2.64 bits per heavy atom. The average molecular weight is 306 g/mol. The topological polar surface area (TPSA) is 152 Å². The average Bonchev–Trinajstić information content (AvgIpc) is 2.99. The molecule has 0 aliphatic rings. The Bertz CT molecular complexity index is 714. The molecule has 0 unspecified atom stereocenters. The number of nitrogens with one attached hydrogen (secondary N) is 3. The number of methoxy groups -OCH3 is 1. The van der Waals surface area contributed by atoms with Crippen LogP contribution < -0.4 is 15.4 Å². The molecule has 1 aromatic carbocycles. The van der Waals surface area contributed by atoms with Gasteiger partial charge in [0.2, 0.25) is 5.95 Å². The van der Waals surface area contributed by atoms with Gasteiger partial charge >= 0.3 is 11.8 Å². The number of hydrogen-bond donors (Lipinski definition) is 3. The number of non-ortho nitro benzene ring substituents is 1. The number of rotatable bonds is 4. The SMILES string of the molecule is COc1ccc([N+](=O)[O-])cc1NC(=O)C(=O)Nc1ncn[nH]1. The Morgan fingerprint density at radius 1 is 1.32 bits per heavy atom. The molecular weight excluding hydrogens is 296 g/mol. The minimum Gasteiger partial charge on any atom is -0.495 e. The summed E-state index contributed by atoms with van der Waals surface area (Å²) in [5, 5.41) is 21.0. The fourth-order valence-electron chi connectivity index (χ4n) is 1.52. The van der Waals surface area contributed by atoms with Crippen LogP contribution in [0.1, 0.15) is 0 Å². The highest BCUT2D eigenvalue weighted by Gasteiger charge is 2.19. The maximum Gasteiger partial charge on any atom is 0.316 e. The van der Waals surface area contributed by atoms with E-state index >= 15 is 0 Å². The number of aromatic nitrogens is 3. The number of hydrogen-bond acceptors (Lipinski definition) is 7. The maximum absolute atomic E-state index is 11.8. The van der Waals surface area contributed by atoms with Gasteiger partial charge in [-0.25, -0.2) is 5.10 Å². The number of nitrogens with zero attached hydrogens (tertiary/aromatic N) is 3. The Labute approximate surface area is 122 Å². The highest BCUT2D eigenvalue weighted by Crippen LogP contribution is 2.28. The van der Waals surface area contributed by atoms with Crippen LogP contribution in [0.5, 0.6) is 5.75 Å². The summed E-state index contributed by atoms with van der Waals surface area (Å²) in [6, 6.07) is 3.60. The fourth-order valence-corrected chi connectivity index (χ4v) is 1.52. The van der Waals surface area contributed by atoms with Crippen molar-refractivity contribution < 1.29 is 19.2 Å². The number of anilines is 2. The van der Waals surface area contributed by atoms with Crippen LogP contribution in [-0.4, -0.2) is 39.0 Å². The third-order valence-corrected chi connectivity index (χ3v) is 2.50. The summed E-state index contributed by atoms with van der Waals surface area (Å²) in [6.45, 7) is 0. The summed E-state index contributed by atoms with van der Waals surface area (Å²) in [5.74, 6) is -1.90. The van der Waals surface area contributed by atoms with Crippen LogP contribution in [0.15, 0.2) is 24.5 Å². The van der Waals surface area contributed by atoms with Gasteiger partial charge in [-0.2, -0.15) is 10.1 Å². The molecular formula is C11H10N6O5. The number of carbonyl (C=O) groups is 2. The first kappa shape index (κ1) is 14.9. The van der Waals surface area contributed by atoms with Crippen LogP contribution in [-0.2, 0) is 9.59 Å². The monoisotopic (exact) mass is 306 g/mol. The second kappa shape index (κ2) is 6.30. The third kappa shape index (κ3) is 3.33. The van der Waals surface area contributed by atoms with Crippen LogP contribution >= 0.6 is 0 Å². The zero-order valence-corrected chi connectivity index (χ0v) is 11.2. The summed E-state index contributed by atoms with van der Waals surface area (Å²) < 4.78 is 4.97. The van der Waals surface area contributed by atoms with Crippen LogP contribution in [0.2, 0.25) is 0 Å². The van der Waals surface area contributed by atoms with Crippen molar-refractivity contribution in [3.63, 3.8) is 0 Å². The number of carbonyl (C=O) groups excluding carboxylic acids is 2. The van der Waals surface area contributed by atoms with Gasteiger partial charge in [0, 0.05) is 12.1 Å². The normalized spacial score (nSPS) is 9.86. The summed E-state index contributed by atoms with van der Waals surface area (Å²) >= 11 is 0. The van der Waals surface area contributed by atoms with E-state index < -0.39 is 16.7 Å². The molecule has 0 bridgehead atoms. The van der Waals surface area contributed by atoms with Crippen LogP contribution in [0, 0.1) is 10.1 Å². The highest BCUT2D eigenvalue weighted by molar-refractivity contribution is 6.43. The maximum atomic E-state index is 11.8. The smallest absolute Gasteiger partial charge is 0.316 e. The summed E-state index contributed by atoms with van der Waals surface area (Å²) in [7, 11) is 1.32. The molecule has 1 heterocycles. The minimum absolute atomic E-state index is 0.00517. The van der Waals surface area contributed by atoms with Crippen molar-refractivity contribution in [3.8, 4) is 5.75 Å². The Kier molecular flexibility index (Phi) is 4.27. The molecule has 0 aliphatic carbocycles. The van der Waals surface area contributed by atoms with E-state index in [1.165, 1.54) is 19.2 Å². The predicted molar refractivity (Wildman–Crippen MR) is 73.3 cm³/mol. The zero-order valence-electron chi connectivity index (χ0n) is 11.2. The number of ether oxygens (including phenoxy) is 1.